The molecular formula is C16H29N3. The zero-order valence-electron chi connectivity index (χ0n) is 13.3. The lowest BCUT2D eigenvalue weighted by Gasteiger charge is -2.22. The molecule has 0 fully saturated rings. The molecule has 1 heterocycles. The van der Waals surface area contributed by atoms with Gasteiger partial charge in [-0.1, -0.05) is 34.6 Å². The molecule has 0 saturated heterocycles. The summed E-state index contributed by atoms with van der Waals surface area (Å²) in [6.45, 7) is 12.9. The van der Waals surface area contributed by atoms with Crippen molar-refractivity contribution < 1.29 is 0 Å². The van der Waals surface area contributed by atoms with Gasteiger partial charge < -0.3 is 10.2 Å². The molecule has 3 heteroatoms. The third-order valence-corrected chi connectivity index (χ3v) is 3.03. The first kappa shape index (κ1) is 16.0. The number of hydrogen-bond acceptors (Lipinski definition) is 3. The van der Waals surface area contributed by atoms with Crippen LogP contribution in [0.25, 0.3) is 0 Å². The molecular weight excluding hydrogens is 234 g/mol. The van der Waals surface area contributed by atoms with Crippen molar-refractivity contribution in [1.29, 1.82) is 0 Å². The Hall–Kier alpha value is -1.09. The van der Waals surface area contributed by atoms with Gasteiger partial charge in [-0.25, -0.2) is 4.98 Å². The number of nitrogens with zero attached hydrogens (tertiary/aromatic N) is 2. The molecule has 0 aliphatic heterocycles. The van der Waals surface area contributed by atoms with E-state index in [1.165, 1.54) is 11.3 Å². The van der Waals surface area contributed by atoms with E-state index < -0.39 is 0 Å². The largest absolute Gasteiger partial charge is 0.359 e. The standard InChI is InChI=1S/C16H29N3/c1-7-15-8-14(10-17-13(4)5)9-16(18-15)19(6)11-12(2)3/h8-9,12-13,17H,7,10-11H2,1-6H3. The first-order valence-corrected chi connectivity index (χ1v) is 7.36. The van der Waals surface area contributed by atoms with Gasteiger partial charge in [0.15, 0.2) is 0 Å². The number of anilines is 1. The average Bonchev–Trinajstić information content (AvgIpc) is 2.35. The second-order valence-corrected chi connectivity index (χ2v) is 5.99. The number of nitrogens with one attached hydrogen (secondary N) is 1. The van der Waals surface area contributed by atoms with Gasteiger partial charge in [-0.3, -0.25) is 0 Å². The summed E-state index contributed by atoms with van der Waals surface area (Å²) in [5.74, 6) is 1.74. The van der Waals surface area contributed by atoms with E-state index in [9.17, 15) is 0 Å². The third-order valence-electron chi connectivity index (χ3n) is 3.03. The van der Waals surface area contributed by atoms with Crippen LogP contribution < -0.4 is 10.2 Å². The molecule has 108 valence electrons. The van der Waals surface area contributed by atoms with Crippen molar-refractivity contribution in [2.45, 2.75) is 53.6 Å². The number of aryl methyl sites for hydroxylation is 1. The monoisotopic (exact) mass is 263 g/mol. The zero-order chi connectivity index (χ0) is 14.4. The van der Waals surface area contributed by atoms with Gasteiger partial charge in [0.2, 0.25) is 0 Å². The minimum atomic E-state index is 0.509. The summed E-state index contributed by atoms with van der Waals surface area (Å²) in [6.07, 6.45) is 0.984. The zero-order valence-corrected chi connectivity index (χ0v) is 13.3. The SMILES string of the molecule is CCc1cc(CNC(C)C)cc(N(C)CC(C)C)n1. The Morgan fingerprint density at radius 3 is 2.42 bits per heavy atom. The van der Waals surface area contributed by atoms with Gasteiger partial charge in [0.1, 0.15) is 5.82 Å². The van der Waals surface area contributed by atoms with Gasteiger partial charge in [0.05, 0.1) is 0 Å². The Labute approximate surface area is 118 Å². The van der Waals surface area contributed by atoms with Crippen LogP contribution in [-0.4, -0.2) is 24.6 Å². The topological polar surface area (TPSA) is 28.2 Å². The Bertz CT molecular complexity index is 386. The van der Waals surface area contributed by atoms with Crippen LogP contribution in [0, 0.1) is 5.92 Å². The van der Waals surface area contributed by atoms with Crippen LogP contribution in [0.2, 0.25) is 0 Å². The molecule has 1 aromatic rings. The van der Waals surface area contributed by atoms with E-state index in [4.69, 9.17) is 4.98 Å². The van der Waals surface area contributed by atoms with E-state index in [1.807, 2.05) is 0 Å². The molecule has 0 bridgehead atoms. The summed E-state index contributed by atoms with van der Waals surface area (Å²) in [5.41, 5.74) is 2.50. The molecule has 0 saturated carbocycles. The Morgan fingerprint density at radius 1 is 1.21 bits per heavy atom. The fourth-order valence-corrected chi connectivity index (χ4v) is 2.08. The van der Waals surface area contributed by atoms with E-state index in [2.05, 4.69) is 64.0 Å². The second-order valence-electron chi connectivity index (χ2n) is 5.99. The Kier molecular flexibility index (Phi) is 6.29. The minimum Gasteiger partial charge on any atom is -0.359 e. The predicted molar refractivity (Wildman–Crippen MR) is 83.7 cm³/mol. The fraction of sp³-hybridized carbons (Fsp3) is 0.688. The summed E-state index contributed by atoms with van der Waals surface area (Å²) in [6, 6.07) is 4.93. The van der Waals surface area contributed by atoms with Crippen LogP contribution in [0.5, 0.6) is 0 Å². The molecule has 0 atom stereocenters. The van der Waals surface area contributed by atoms with Crippen molar-refractivity contribution in [1.82, 2.24) is 10.3 Å². The molecule has 1 rings (SSSR count). The van der Waals surface area contributed by atoms with Crippen molar-refractivity contribution in [3.8, 4) is 0 Å². The van der Waals surface area contributed by atoms with Gasteiger partial charge in [0.25, 0.3) is 0 Å². The first-order chi connectivity index (χ1) is 8.92. The summed E-state index contributed by atoms with van der Waals surface area (Å²) in [5, 5.41) is 3.47. The van der Waals surface area contributed by atoms with E-state index in [1.54, 1.807) is 0 Å². The van der Waals surface area contributed by atoms with Crippen LogP contribution in [0.15, 0.2) is 12.1 Å². The smallest absolute Gasteiger partial charge is 0.128 e. The van der Waals surface area contributed by atoms with Crippen LogP contribution in [-0.2, 0) is 13.0 Å². The average molecular weight is 263 g/mol. The lowest BCUT2D eigenvalue weighted by atomic mass is 10.1. The van der Waals surface area contributed by atoms with Crippen molar-refractivity contribution in [3.05, 3.63) is 23.4 Å². The number of hydrogen-bond donors (Lipinski definition) is 1. The molecule has 0 aliphatic rings. The lowest BCUT2D eigenvalue weighted by Crippen LogP contribution is -2.25. The van der Waals surface area contributed by atoms with Crippen LogP contribution in [0.1, 0.15) is 45.9 Å². The molecule has 0 aromatic carbocycles. The number of aromatic nitrogens is 1. The summed E-state index contributed by atoms with van der Waals surface area (Å²) in [4.78, 5) is 6.98. The van der Waals surface area contributed by atoms with E-state index in [0.717, 1.165) is 25.3 Å². The fourth-order valence-electron chi connectivity index (χ4n) is 2.08. The Balaban J connectivity index is 2.88. The van der Waals surface area contributed by atoms with Gasteiger partial charge in [0, 0.05) is 31.9 Å². The quantitative estimate of drug-likeness (QED) is 0.818. The molecule has 0 radical (unpaired) electrons. The highest BCUT2D eigenvalue weighted by Gasteiger charge is 2.08. The maximum absolute atomic E-state index is 4.73. The van der Waals surface area contributed by atoms with Gasteiger partial charge in [-0.2, -0.15) is 0 Å². The van der Waals surface area contributed by atoms with Crippen molar-refractivity contribution >= 4 is 5.82 Å². The van der Waals surface area contributed by atoms with E-state index in [-0.39, 0.29) is 0 Å². The van der Waals surface area contributed by atoms with E-state index in [0.29, 0.717) is 12.0 Å². The maximum atomic E-state index is 4.73. The maximum Gasteiger partial charge on any atom is 0.128 e. The highest BCUT2D eigenvalue weighted by Crippen LogP contribution is 2.16. The van der Waals surface area contributed by atoms with Gasteiger partial charge in [-0.15, -0.1) is 0 Å². The molecule has 0 unspecified atom stereocenters. The number of rotatable bonds is 7. The summed E-state index contributed by atoms with van der Waals surface area (Å²) in [7, 11) is 2.13. The van der Waals surface area contributed by atoms with Crippen LogP contribution in [0.3, 0.4) is 0 Å². The third kappa shape index (κ3) is 5.60. The summed E-state index contributed by atoms with van der Waals surface area (Å²) < 4.78 is 0. The molecule has 3 nitrogen and oxygen atoms in total. The molecule has 1 aromatic heterocycles. The molecule has 1 N–H and O–H groups in total. The normalized spacial score (nSPS) is 11.4. The minimum absolute atomic E-state index is 0.509. The highest BCUT2D eigenvalue weighted by molar-refractivity contribution is 5.42. The van der Waals surface area contributed by atoms with Gasteiger partial charge in [-0.05, 0) is 30.0 Å². The molecule has 0 amide bonds. The molecule has 0 spiro atoms. The second kappa shape index (κ2) is 7.49. The highest BCUT2D eigenvalue weighted by atomic mass is 15.2. The van der Waals surface area contributed by atoms with Crippen LogP contribution >= 0.6 is 0 Å². The van der Waals surface area contributed by atoms with Crippen molar-refractivity contribution in [3.63, 3.8) is 0 Å². The first-order valence-electron chi connectivity index (χ1n) is 7.36. The Morgan fingerprint density at radius 2 is 1.89 bits per heavy atom. The summed E-state index contributed by atoms with van der Waals surface area (Å²) >= 11 is 0. The lowest BCUT2D eigenvalue weighted by molar-refractivity contribution is 0.587. The van der Waals surface area contributed by atoms with Crippen molar-refractivity contribution in [2.75, 3.05) is 18.5 Å². The van der Waals surface area contributed by atoms with Crippen LogP contribution in [0.4, 0.5) is 5.82 Å². The van der Waals surface area contributed by atoms with E-state index >= 15 is 0 Å². The number of pyridine rings is 1. The van der Waals surface area contributed by atoms with Gasteiger partial charge >= 0.3 is 0 Å². The van der Waals surface area contributed by atoms with Crippen molar-refractivity contribution in [2.24, 2.45) is 5.92 Å². The predicted octanol–water partition coefficient (Wildman–Crippen LogP) is 3.23. The molecule has 19 heavy (non-hydrogen) atoms. The molecule has 0 aliphatic carbocycles.